The van der Waals surface area contributed by atoms with Crippen molar-refractivity contribution in [1.82, 2.24) is 0 Å². The number of nitrogens with zero attached hydrogens (tertiary/aromatic N) is 1. The minimum Gasteiger partial charge on any atom is -0.455 e. The van der Waals surface area contributed by atoms with Crippen LogP contribution in [-0.4, -0.2) is 0 Å². The molecule has 4 aliphatic carbocycles. The van der Waals surface area contributed by atoms with Gasteiger partial charge in [0.1, 0.15) is 11.3 Å². The van der Waals surface area contributed by atoms with E-state index in [0.717, 1.165) is 62.2 Å². The van der Waals surface area contributed by atoms with E-state index < -0.39 is 0 Å². The van der Waals surface area contributed by atoms with E-state index in [0.29, 0.717) is 5.41 Å². The van der Waals surface area contributed by atoms with Crippen molar-refractivity contribution >= 4 is 71.1 Å². The Labute approximate surface area is 385 Å². The molecule has 10 aromatic carbocycles. The Morgan fingerprint density at radius 1 is 0.394 bits per heavy atom. The highest BCUT2D eigenvalue weighted by molar-refractivity contribution is 6.28. The molecule has 11 aromatic rings. The molecule has 4 aliphatic rings. The van der Waals surface area contributed by atoms with E-state index in [2.05, 4.69) is 211 Å². The van der Waals surface area contributed by atoms with E-state index in [-0.39, 0.29) is 0 Å². The van der Waals surface area contributed by atoms with Crippen LogP contribution in [0.5, 0.6) is 0 Å². The molecule has 0 spiro atoms. The van der Waals surface area contributed by atoms with E-state index in [1.807, 2.05) is 0 Å². The van der Waals surface area contributed by atoms with E-state index in [4.69, 9.17) is 4.42 Å². The van der Waals surface area contributed by atoms with Crippen LogP contribution in [0.15, 0.2) is 211 Å². The Kier molecular flexibility index (Phi) is 8.50. The highest BCUT2D eigenvalue weighted by Gasteiger charge is 2.51. The largest absolute Gasteiger partial charge is 0.455 e. The molecule has 0 atom stereocenters. The van der Waals surface area contributed by atoms with Gasteiger partial charge in [-0.3, -0.25) is 0 Å². The van der Waals surface area contributed by atoms with Gasteiger partial charge in [-0.1, -0.05) is 176 Å². The van der Waals surface area contributed by atoms with Gasteiger partial charge < -0.3 is 9.32 Å². The highest BCUT2D eigenvalue weighted by Crippen LogP contribution is 2.61. The predicted octanol–water partition coefficient (Wildman–Crippen LogP) is 18.0. The highest BCUT2D eigenvalue weighted by atomic mass is 16.3. The van der Waals surface area contributed by atoms with Gasteiger partial charge in [0.25, 0.3) is 0 Å². The summed E-state index contributed by atoms with van der Waals surface area (Å²) in [5.74, 6) is 3.61. The average molecular weight is 848 g/mol. The van der Waals surface area contributed by atoms with Crippen molar-refractivity contribution in [3.05, 3.63) is 212 Å². The summed E-state index contributed by atoms with van der Waals surface area (Å²) in [5, 5.41) is 10.9. The Bertz CT molecular complexity index is 3630. The zero-order chi connectivity index (χ0) is 43.3. The molecule has 2 heteroatoms. The minimum absolute atomic E-state index is 0.339. The first-order valence-electron chi connectivity index (χ1n) is 24.1. The maximum Gasteiger partial charge on any atom is 0.143 e. The second-order valence-corrected chi connectivity index (χ2v) is 19.8. The van der Waals surface area contributed by atoms with E-state index >= 15 is 0 Å². The normalized spacial score (nSPS) is 20.0. The van der Waals surface area contributed by atoms with Gasteiger partial charge in [-0.05, 0) is 147 Å². The number of rotatable bonds is 7. The lowest BCUT2D eigenvalue weighted by atomic mass is 9.48. The molecule has 0 N–H and O–H groups in total. The predicted molar refractivity (Wildman–Crippen MR) is 277 cm³/mol. The van der Waals surface area contributed by atoms with Gasteiger partial charge in [-0.2, -0.15) is 0 Å². The van der Waals surface area contributed by atoms with Crippen LogP contribution in [0.3, 0.4) is 0 Å². The fourth-order valence-corrected chi connectivity index (χ4v) is 13.6. The molecule has 316 valence electrons. The zero-order valence-corrected chi connectivity index (χ0v) is 37.0. The Morgan fingerprint density at radius 3 is 1.62 bits per heavy atom. The monoisotopic (exact) mass is 847 g/mol. The molecule has 4 fully saturated rings. The van der Waals surface area contributed by atoms with Crippen LogP contribution in [0.2, 0.25) is 0 Å². The SMILES string of the molecule is c1ccc(-c2oc3c4ccccc4c4ccccc4c3c2-c2ccc(N(c3ccc(C45CC6CC(CC(C6)C4)C5)cc3)c3ccc(-c4cccc5ccccc45)c4ccccc34)cc2)cc1. The van der Waals surface area contributed by atoms with Crippen LogP contribution >= 0.6 is 0 Å². The molecule has 66 heavy (non-hydrogen) atoms. The number of furan rings is 1. The van der Waals surface area contributed by atoms with Gasteiger partial charge in [-0.25, -0.2) is 0 Å². The van der Waals surface area contributed by atoms with Gasteiger partial charge in [0.2, 0.25) is 0 Å². The van der Waals surface area contributed by atoms with Gasteiger partial charge in [0.15, 0.2) is 0 Å². The van der Waals surface area contributed by atoms with Crippen molar-refractivity contribution in [3.63, 3.8) is 0 Å². The van der Waals surface area contributed by atoms with Crippen molar-refractivity contribution in [2.45, 2.75) is 43.9 Å². The first kappa shape index (κ1) is 37.9. The maximum absolute atomic E-state index is 7.09. The Hall–Kier alpha value is -7.42. The summed E-state index contributed by atoms with van der Waals surface area (Å²) in [7, 11) is 0. The average Bonchev–Trinajstić information content (AvgIpc) is 3.78. The van der Waals surface area contributed by atoms with Crippen LogP contribution in [0, 0.1) is 17.8 Å². The van der Waals surface area contributed by atoms with Crippen LogP contribution in [-0.2, 0) is 5.41 Å². The molecule has 15 rings (SSSR count). The van der Waals surface area contributed by atoms with Crippen LogP contribution in [0.1, 0.15) is 44.1 Å². The van der Waals surface area contributed by atoms with E-state index in [1.54, 1.807) is 5.56 Å². The summed E-state index contributed by atoms with van der Waals surface area (Å²) < 4.78 is 7.09. The second kappa shape index (κ2) is 14.8. The van der Waals surface area contributed by atoms with Crippen LogP contribution in [0.4, 0.5) is 17.1 Å². The third-order valence-electron chi connectivity index (χ3n) is 16.0. The van der Waals surface area contributed by atoms with Crippen molar-refractivity contribution in [3.8, 4) is 33.6 Å². The molecule has 2 nitrogen and oxygen atoms in total. The minimum atomic E-state index is 0.339. The molecule has 1 heterocycles. The second-order valence-electron chi connectivity index (χ2n) is 19.8. The lowest BCUT2D eigenvalue weighted by Gasteiger charge is -2.57. The van der Waals surface area contributed by atoms with Gasteiger partial charge >= 0.3 is 0 Å². The zero-order valence-electron chi connectivity index (χ0n) is 37.0. The molecular formula is C64H49NO. The number of fused-ring (bicyclic) bond motifs is 8. The molecule has 4 saturated carbocycles. The fraction of sp³-hybridized carbons (Fsp3) is 0.156. The van der Waals surface area contributed by atoms with Crippen molar-refractivity contribution < 1.29 is 4.42 Å². The number of anilines is 3. The summed E-state index contributed by atoms with van der Waals surface area (Å²) in [6, 6.07) is 76.4. The van der Waals surface area contributed by atoms with Crippen molar-refractivity contribution in [1.29, 1.82) is 0 Å². The molecule has 1 aromatic heterocycles. The topological polar surface area (TPSA) is 16.4 Å². The Balaban J connectivity index is 0.956. The van der Waals surface area contributed by atoms with E-state index in [9.17, 15) is 0 Å². The van der Waals surface area contributed by atoms with Crippen LogP contribution < -0.4 is 4.90 Å². The van der Waals surface area contributed by atoms with Gasteiger partial charge in [-0.15, -0.1) is 0 Å². The number of hydrogen-bond acceptors (Lipinski definition) is 2. The van der Waals surface area contributed by atoms with E-state index in [1.165, 1.54) is 98.7 Å². The molecule has 0 radical (unpaired) electrons. The molecule has 4 bridgehead atoms. The molecular weight excluding hydrogens is 799 g/mol. The van der Waals surface area contributed by atoms with Crippen molar-refractivity contribution in [2.24, 2.45) is 17.8 Å². The summed E-state index contributed by atoms with van der Waals surface area (Å²) in [6.45, 7) is 0. The maximum atomic E-state index is 7.09. The van der Waals surface area contributed by atoms with Gasteiger partial charge in [0.05, 0.1) is 5.69 Å². The van der Waals surface area contributed by atoms with Crippen molar-refractivity contribution in [2.75, 3.05) is 4.90 Å². The Morgan fingerprint density at radius 2 is 0.924 bits per heavy atom. The summed E-state index contributed by atoms with van der Waals surface area (Å²) in [5.41, 5.74) is 12.1. The van der Waals surface area contributed by atoms with Crippen LogP contribution in [0.25, 0.3) is 87.6 Å². The molecule has 0 amide bonds. The summed E-state index contributed by atoms with van der Waals surface area (Å²) in [4.78, 5) is 2.50. The quantitative estimate of drug-likeness (QED) is 0.149. The third kappa shape index (κ3) is 5.87. The summed E-state index contributed by atoms with van der Waals surface area (Å²) >= 11 is 0. The number of hydrogen-bond donors (Lipinski definition) is 0. The molecule has 0 aliphatic heterocycles. The summed E-state index contributed by atoms with van der Waals surface area (Å²) in [6.07, 6.45) is 8.46. The lowest BCUT2D eigenvalue weighted by molar-refractivity contribution is -0.00518. The third-order valence-corrected chi connectivity index (χ3v) is 16.0. The van der Waals surface area contributed by atoms with Gasteiger partial charge in [0, 0.05) is 38.7 Å². The smallest absolute Gasteiger partial charge is 0.143 e. The molecule has 0 saturated heterocycles. The lowest BCUT2D eigenvalue weighted by Crippen LogP contribution is -2.48. The molecule has 0 unspecified atom stereocenters. The fourth-order valence-electron chi connectivity index (χ4n) is 13.6. The first-order valence-corrected chi connectivity index (χ1v) is 24.1. The standard InChI is InChI=1S/C64H49NO/c1-2-14-46(15-3-1)62-60(61-57-22-10-7-19-53(57)54-20-8-11-23-58(54)63(61)66-62)45-25-29-48(30-26-45)65(49-31-27-47(28-32-49)64-38-41-35-42(39-64)37-43(36-41)40-64)59-34-33-55(52-18-6-9-21-56(52)59)51-24-12-16-44-13-4-5-17-50(44)51/h1-34,41-43H,35-40H2. The number of benzene rings is 10. The first-order chi connectivity index (χ1) is 32.7.